The monoisotopic (exact) mass is 813 g/mol. The molecule has 0 atom stereocenters. The maximum absolute atomic E-state index is 6.50. The molecule has 11 aromatic carbocycles. The van der Waals surface area contributed by atoms with Crippen LogP contribution in [0.2, 0.25) is 0 Å². The van der Waals surface area contributed by atoms with Crippen molar-refractivity contribution in [2.24, 2.45) is 0 Å². The van der Waals surface area contributed by atoms with Gasteiger partial charge >= 0.3 is 0 Å². The highest BCUT2D eigenvalue weighted by Gasteiger charge is 2.21. The van der Waals surface area contributed by atoms with E-state index in [0.717, 1.165) is 77.0 Å². The first-order chi connectivity index (χ1) is 31.7. The van der Waals surface area contributed by atoms with E-state index in [0.29, 0.717) is 5.95 Å². The minimum atomic E-state index is 0.629. The van der Waals surface area contributed by atoms with Crippen LogP contribution in [0.5, 0.6) is 0 Å². The molecule has 4 heteroatoms. The number of benzene rings is 11. The van der Waals surface area contributed by atoms with Gasteiger partial charge in [0.05, 0.1) is 22.2 Å². The molecule has 0 N–H and O–H groups in total. The van der Waals surface area contributed by atoms with Crippen LogP contribution in [0, 0.1) is 0 Å². The highest BCUT2D eigenvalue weighted by atomic mass is 16.3. The Kier molecular flexibility index (Phi) is 7.36. The van der Waals surface area contributed by atoms with Crippen LogP contribution >= 0.6 is 0 Å². The van der Waals surface area contributed by atoms with E-state index in [4.69, 9.17) is 14.4 Å². The summed E-state index contributed by atoms with van der Waals surface area (Å²) in [7, 11) is 0. The van der Waals surface area contributed by atoms with Crippen molar-refractivity contribution in [2.75, 3.05) is 0 Å². The number of aromatic nitrogens is 3. The number of rotatable bonds is 4. The summed E-state index contributed by atoms with van der Waals surface area (Å²) in [6.45, 7) is 0. The fraction of sp³-hybridized carbons (Fsp3) is 0. The average molecular weight is 814 g/mol. The smallest absolute Gasteiger partial charge is 0.235 e. The molecular weight excluding hydrogens is 779 g/mol. The van der Waals surface area contributed by atoms with Gasteiger partial charge in [0.25, 0.3) is 0 Å². The Balaban J connectivity index is 1.02. The fourth-order valence-electron chi connectivity index (χ4n) is 10.5. The van der Waals surface area contributed by atoms with Gasteiger partial charge < -0.3 is 4.42 Å². The van der Waals surface area contributed by atoms with Crippen molar-refractivity contribution in [1.29, 1.82) is 0 Å². The SMILES string of the molecule is c1ccc(-c2nc(-n3c4ccc(-c5cccc6c7ccccc7c7ccccc7c56)cc4c4cc5ccccc5cc43)nc3ccc(-c4cccc5c4oc4ccccc45)cc23)cc1. The minimum absolute atomic E-state index is 0.629. The van der Waals surface area contributed by atoms with Crippen molar-refractivity contribution in [2.45, 2.75) is 0 Å². The van der Waals surface area contributed by atoms with Crippen molar-refractivity contribution in [3.05, 3.63) is 212 Å². The first-order valence-corrected chi connectivity index (χ1v) is 21.8. The van der Waals surface area contributed by atoms with E-state index in [1.54, 1.807) is 0 Å². The highest BCUT2D eigenvalue weighted by Crippen LogP contribution is 2.44. The summed E-state index contributed by atoms with van der Waals surface area (Å²) >= 11 is 0. The maximum Gasteiger partial charge on any atom is 0.235 e. The van der Waals surface area contributed by atoms with E-state index in [1.807, 2.05) is 12.1 Å². The fourth-order valence-corrected chi connectivity index (χ4v) is 10.5. The second-order valence-corrected chi connectivity index (χ2v) is 16.9. The Hall–Kier alpha value is -8.60. The normalized spacial score (nSPS) is 12.1. The summed E-state index contributed by atoms with van der Waals surface area (Å²) in [6.07, 6.45) is 0. The lowest BCUT2D eigenvalue weighted by Crippen LogP contribution is -2.03. The second-order valence-electron chi connectivity index (χ2n) is 16.9. The molecule has 3 aromatic heterocycles. The Morgan fingerprint density at radius 1 is 0.344 bits per heavy atom. The number of hydrogen-bond acceptors (Lipinski definition) is 3. The van der Waals surface area contributed by atoms with Crippen molar-refractivity contribution in [3.63, 3.8) is 0 Å². The highest BCUT2D eigenvalue weighted by molar-refractivity contribution is 6.28. The Bertz CT molecular complexity index is 4210. The molecule has 0 aliphatic rings. The van der Waals surface area contributed by atoms with Crippen molar-refractivity contribution in [3.8, 4) is 39.5 Å². The Morgan fingerprint density at radius 2 is 0.922 bits per heavy atom. The molecule has 0 spiro atoms. The predicted molar refractivity (Wildman–Crippen MR) is 267 cm³/mol. The molecule has 3 heterocycles. The maximum atomic E-state index is 6.50. The van der Waals surface area contributed by atoms with E-state index >= 15 is 0 Å². The van der Waals surface area contributed by atoms with Crippen molar-refractivity contribution in [1.82, 2.24) is 14.5 Å². The summed E-state index contributed by atoms with van der Waals surface area (Å²) in [4.78, 5) is 11.0. The quantitative estimate of drug-likeness (QED) is 0.166. The summed E-state index contributed by atoms with van der Waals surface area (Å²) in [5.74, 6) is 0.629. The van der Waals surface area contributed by atoms with Crippen LogP contribution in [0.4, 0.5) is 0 Å². The first kappa shape index (κ1) is 35.0. The number of para-hydroxylation sites is 2. The van der Waals surface area contributed by atoms with Crippen LogP contribution in [0.25, 0.3) is 137 Å². The van der Waals surface area contributed by atoms with Crippen molar-refractivity contribution < 1.29 is 4.42 Å². The summed E-state index contributed by atoms with van der Waals surface area (Å²) in [5.41, 5.74) is 11.1. The number of furan rings is 1. The zero-order valence-electron chi connectivity index (χ0n) is 34.5. The number of nitrogens with zero attached hydrogens (tertiary/aromatic N) is 3. The van der Waals surface area contributed by atoms with E-state index in [2.05, 4.69) is 205 Å². The number of hydrogen-bond donors (Lipinski definition) is 0. The van der Waals surface area contributed by atoms with Gasteiger partial charge in [-0.05, 0) is 102 Å². The Morgan fingerprint density at radius 3 is 1.72 bits per heavy atom. The topological polar surface area (TPSA) is 43.9 Å². The van der Waals surface area contributed by atoms with E-state index in [9.17, 15) is 0 Å². The van der Waals surface area contributed by atoms with Crippen LogP contribution in [0.15, 0.2) is 217 Å². The minimum Gasteiger partial charge on any atom is -0.455 e. The predicted octanol–water partition coefficient (Wildman–Crippen LogP) is 16.2. The molecule has 0 saturated carbocycles. The molecule has 0 fully saturated rings. The molecular formula is C60H35N3O. The largest absolute Gasteiger partial charge is 0.455 e. The lowest BCUT2D eigenvalue weighted by Gasteiger charge is -2.15. The molecule has 4 nitrogen and oxygen atoms in total. The molecule has 0 unspecified atom stereocenters. The van der Waals surface area contributed by atoms with Crippen LogP contribution in [0.3, 0.4) is 0 Å². The molecule has 0 amide bonds. The average Bonchev–Trinajstić information content (AvgIpc) is 3.90. The summed E-state index contributed by atoms with van der Waals surface area (Å²) in [5, 5.41) is 15.5. The van der Waals surface area contributed by atoms with Gasteiger partial charge in [-0.25, -0.2) is 9.97 Å². The standard InChI is InChI=1S/C60H35N3O/c1-2-14-36(15-3-1)58-52-34-40(42-24-13-26-49-46-21-10-11-27-56(46)64-59(42)49)28-30-53(52)61-60(62-58)63-54-31-29-39(33-50(54)51-32-37-16-4-5-17-38(37)35-55(51)63)41-23-12-25-48-45-19-7-6-18-43(45)44-20-8-9-22-47(44)57(41)48/h1-35H. The van der Waals surface area contributed by atoms with E-state index in [1.165, 1.54) is 54.2 Å². The summed E-state index contributed by atoms with van der Waals surface area (Å²) < 4.78 is 8.77. The third-order valence-corrected chi connectivity index (χ3v) is 13.4. The zero-order valence-corrected chi connectivity index (χ0v) is 34.5. The molecule has 0 saturated heterocycles. The van der Waals surface area contributed by atoms with Gasteiger partial charge in [0, 0.05) is 38.1 Å². The van der Waals surface area contributed by atoms with Crippen LogP contribution < -0.4 is 0 Å². The number of fused-ring (bicyclic) bond motifs is 14. The lowest BCUT2D eigenvalue weighted by atomic mass is 9.89. The van der Waals surface area contributed by atoms with Gasteiger partial charge in [-0.1, -0.05) is 170 Å². The third-order valence-electron chi connectivity index (χ3n) is 13.4. The van der Waals surface area contributed by atoms with Gasteiger partial charge in [0.1, 0.15) is 11.2 Å². The summed E-state index contributed by atoms with van der Waals surface area (Å²) in [6, 6.07) is 76.2. The van der Waals surface area contributed by atoms with Gasteiger partial charge in [0.2, 0.25) is 5.95 Å². The molecule has 64 heavy (non-hydrogen) atoms. The third kappa shape index (κ3) is 5.11. The van der Waals surface area contributed by atoms with Gasteiger partial charge in [0.15, 0.2) is 0 Å². The van der Waals surface area contributed by atoms with E-state index < -0.39 is 0 Å². The van der Waals surface area contributed by atoms with Crippen LogP contribution in [-0.4, -0.2) is 14.5 Å². The molecule has 0 bridgehead atoms. The zero-order chi connectivity index (χ0) is 41.9. The molecule has 14 aromatic rings. The molecule has 0 aliphatic heterocycles. The lowest BCUT2D eigenvalue weighted by molar-refractivity contribution is 0.670. The molecule has 296 valence electrons. The van der Waals surface area contributed by atoms with Gasteiger partial charge in [-0.3, -0.25) is 4.57 Å². The molecule has 0 radical (unpaired) electrons. The van der Waals surface area contributed by atoms with Crippen LogP contribution in [-0.2, 0) is 0 Å². The second kappa shape index (κ2) is 13.4. The van der Waals surface area contributed by atoms with E-state index in [-0.39, 0.29) is 0 Å². The molecule has 0 aliphatic carbocycles. The van der Waals surface area contributed by atoms with Crippen molar-refractivity contribution >= 4 is 97.7 Å². The van der Waals surface area contributed by atoms with Gasteiger partial charge in [-0.15, -0.1) is 0 Å². The molecule has 14 rings (SSSR count). The first-order valence-electron chi connectivity index (χ1n) is 21.8. The van der Waals surface area contributed by atoms with Gasteiger partial charge in [-0.2, -0.15) is 0 Å². The Labute approximate surface area is 366 Å². The van der Waals surface area contributed by atoms with Crippen LogP contribution in [0.1, 0.15) is 0 Å².